The Bertz CT molecular complexity index is 504. The summed E-state index contributed by atoms with van der Waals surface area (Å²) in [6, 6.07) is 14.2. The lowest BCUT2D eigenvalue weighted by Crippen LogP contribution is -2.00. The molecule has 1 atom stereocenters. The van der Waals surface area contributed by atoms with E-state index in [9.17, 15) is 13.6 Å². The second-order valence-corrected chi connectivity index (χ2v) is 3.62. The van der Waals surface area contributed by atoms with E-state index in [1.807, 2.05) is 6.07 Å². The van der Waals surface area contributed by atoms with E-state index in [0.29, 0.717) is 11.1 Å². The van der Waals surface area contributed by atoms with Crippen molar-refractivity contribution in [1.29, 1.82) is 0 Å². The molecule has 0 spiro atoms. The van der Waals surface area contributed by atoms with Gasteiger partial charge in [-0.3, -0.25) is 4.79 Å². The van der Waals surface area contributed by atoms with Crippen LogP contribution in [0, 0.1) is 0 Å². The normalized spacial score (nSPS) is 12.1. The SMILES string of the molecule is O=C(c1ccccc1)c1ccc(C(F)[18F])cc1. The van der Waals surface area contributed by atoms with Gasteiger partial charge in [-0.1, -0.05) is 54.6 Å². The van der Waals surface area contributed by atoms with E-state index in [1.54, 1.807) is 24.3 Å². The molecule has 0 radical (unpaired) electrons. The zero-order valence-electron chi connectivity index (χ0n) is 8.94. The van der Waals surface area contributed by atoms with Crippen LogP contribution in [0.1, 0.15) is 27.9 Å². The summed E-state index contributed by atoms with van der Waals surface area (Å²) in [6.45, 7) is 0. The Morgan fingerprint density at radius 3 is 1.88 bits per heavy atom. The summed E-state index contributed by atoms with van der Waals surface area (Å²) >= 11 is 0. The van der Waals surface area contributed by atoms with Crippen LogP contribution in [-0.4, -0.2) is 5.78 Å². The van der Waals surface area contributed by atoms with Crippen LogP contribution in [0.25, 0.3) is 0 Å². The topological polar surface area (TPSA) is 17.1 Å². The molecule has 0 saturated heterocycles. The Morgan fingerprint density at radius 2 is 1.35 bits per heavy atom. The molecule has 0 fully saturated rings. The molecule has 0 aliphatic carbocycles. The third-order valence-electron chi connectivity index (χ3n) is 2.46. The summed E-state index contributed by atoms with van der Waals surface area (Å²) in [7, 11) is 0. The van der Waals surface area contributed by atoms with Gasteiger partial charge in [0.2, 0.25) is 0 Å². The molecule has 2 aromatic carbocycles. The molecular formula is C14H10F2O. The largest absolute Gasteiger partial charge is 0.289 e. The Hall–Kier alpha value is -2.03. The molecule has 0 heterocycles. The van der Waals surface area contributed by atoms with E-state index in [0.717, 1.165) is 0 Å². The van der Waals surface area contributed by atoms with Gasteiger partial charge in [0.1, 0.15) is 0 Å². The number of hydrogen-bond acceptors (Lipinski definition) is 1. The summed E-state index contributed by atoms with van der Waals surface area (Å²) in [6.07, 6.45) is -2.50. The predicted octanol–water partition coefficient (Wildman–Crippen LogP) is 3.86. The van der Waals surface area contributed by atoms with Crippen molar-refractivity contribution in [3.63, 3.8) is 0 Å². The third kappa shape index (κ3) is 2.56. The van der Waals surface area contributed by atoms with Crippen LogP contribution in [-0.2, 0) is 0 Å². The summed E-state index contributed by atoms with van der Waals surface area (Å²) < 4.78 is 24.7. The quantitative estimate of drug-likeness (QED) is 0.733. The monoisotopic (exact) mass is 231 g/mol. The molecular weight excluding hydrogens is 221 g/mol. The van der Waals surface area contributed by atoms with Crippen LogP contribution >= 0.6 is 0 Å². The molecule has 17 heavy (non-hydrogen) atoms. The number of rotatable bonds is 3. The summed E-state index contributed by atoms with van der Waals surface area (Å²) in [4.78, 5) is 11.9. The standard InChI is InChI=1S/C14H10F2O/c15-14(16)12-8-6-11(7-9-12)13(17)10-4-2-1-3-5-10/h1-9,14H/i15-1. The molecule has 2 aromatic rings. The van der Waals surface area contributed by atoms with Gasteiger partial charge in [0, 0.05) is 16.7 Å². The number of ketones is 1. The van der Waals surface area contributed by atoms with Crippen LogP contribution < -0.4 is 0 Å². The first-order valence-corrected chi connectivity index (χ1v) is 5.16. The molecule has 2 rings (SSSR count). The van der Waals surface area contributed by atoms with E-state index in [-0.39, 0.29) is 11.3 Å². The molecule has 0 aliphatic heterocycles. The Morgan fingerprint density at radius 1 is 0.824 bits per heavy atom. The van der Waals surface area contributed by atoms with Gasteiger partial charge in [0.05, 0.1) is 0 Å². The van der Waals surface area contributed by atoms with Gasteiger partial charge in [-0.2, -0.15) is 0 Å². The molecule has 0 N–H and O–H groups in total. The van der Waals surface area contributed by atoms with Crippen LogP contribution in [0.5, 0.6) is 0 Å². The molecule has 0 amide bonds. The van der Waals surface area contributed by atoms with E-state index in [4.69, 9.17) is 0 Å². The van der Waals surface area contributed by atoms with Crippen LogP contribution in [0.15, 0.2) is 54.6 Å². The number of hydrogen-bond donors (Lipinski definition) is 0. The Labute approximate surface area is 97.7 Å². The van der Waals surface area contributed by atoms with E-state index >= 15 is 0 Å². The molecule has 0 aliphatic rings. The van der Waals surface area contributed by atoms with E-state index in [2.05, 4.69) is 0 Å². The van der Waals surface area contributed by atoms with Crippen molar-refractivity contribution in [3.8, 4) is 0 Å². The van der Waals surface area contributed by atoms with Crippen LogP contribution in [0.4, 0.5) is 8.78 Å². The first-order chi connectivity index (χ1) is 8.18. The maximum Gasteiger partial charge on any atom is 0.263 e. The number of alkyl halides is 2. The fourth-order valence-corrected chi connectivity index (χ4v) is 1.54. The minimum Gasteiger partial charge on any atom is -0.289 e. The molecule has 0 bridgehead atoms. The number of halogens is 2. The highest BCUT2D eigenvalue weighted by atomic mass is 19.2. The van der Waals surface area contributed by atoms with Crippen molar-refractivity contribution in [2.75, 3.05) is 0 Å². The molecule has 0 aromatic heterocycles. The van der Waals surface area contributed by atoms with Gasteiger partial charge >= 0.3 is 0 Å². The van der Waals surface area contributed by atoms with Gasteiger partial charge in [-0.15, -0.1) is 0 Å². The molecule has 86 valence electrons. The number of carbonyl (C=O) groups is 1. The van der Waals surface area contributed by atoms with Gasteiger partial charge in [0.25, 0.3) is 6.43 Å². The van der Waals surface area contributed by atoms with Crippen molar-refractivity contribution < 1.29 is 13.6 Å². The average molecular weight is 231 g/mol. The van der Waals surface area contributed by atoms with Crippen molar-refractivity contribution in [2.45, 2.75) is 6.43 Å². The predicted molar refractivity (Wildman–Crippen MR) is 61.3 cm³/mol. The fourth-order valence-electron chi connectivity index (χ4n) is 1.54. The maximum absolute atomic E-state index is 12.3. The first-order valence-electron chi connectivity index (χ1n) is 5.16. The second-order valence-electron chi connectivity index (χ2n) is 3.62. The summed E-state index contributed by atoms with van der Waals surface area (Å²) in [5.74, 6) is -0.161. The van der Waals surface area contributed by atoms with E-state index in [1.165, 1.54) is 24.3 Å². The minimum absolute atomic E-state index is 0.0744. The average Bonchev–Trinajstić information content (AvgIpc) is 2.39. The second kappa shape index (κ2) is 4.87. The Kier molecular flexibility index (Phi) is 3.28. The smallest absolute Gasteiger partial charge is 0.263 e. The lowest BCUT2D eigenvalue weighted by molar-refractivity contribution is 0.103. The van der Waals surface area contributed by atoms with Crippen molar-refractivity contribution in [1.82, 2.24) is 0 Å². The van der Waals surface area contributed by atoms with Gasteiger partial charge < -0.3 is 0 Å². The Balaban J connectivity index is 2.27. The van der Waals surface area contributed by atoms with Crippen LogP contribution in [0.2, 0.25) is 0 Å². The lowest BCUT2D eigenvalue weighted by atomic mass is 10.0. The third-order valence-corrected chi connectivity index (χ3v) is 2.46. The first kappa shape index (κ1) is 11.5. The summed E-state index contributed by atoms with van der Waals surface area (Å²) in [5.41, 5.74) is 0.896. The maximum atomic E-state index is 12.3. The van der Waals surface area contributed by atoms with Gasteiger partial charge in [-0.25, -0.2) is 8.78 Å². The van der Waals surface area contributed by atoms with Gasteiger partial charge in [-0.05, 0) is 0 Å². The molecule has 3 heteroatoms. The van der Waals surface area contributed by atoms with Crippen molar-refractivity contribution in [3.05, 3.63) is 71.3 Å². The van der Waals surface area contributed by atoms with Crippen molar-refractivity contribution in [2.24, 2.45) is 0 Å². The molecule has 1 unspecified atom stereocenters. The molecule has 0 saturated carbocycles. The number of benzene rings is 2. The lowest BCUT2D eigenvalue weighted by Gasteiger charge is -2.03. The zero-order chi connectivity index (χ0) is 12.3. The van der Waals surface area contributed by atoms with E-state index < -0.39 is 6.43 Å². The highest BCUT2D eigenvalue weighted by Gasteiger charge is 2.10. The van der Waals surface area contributed by atoms with Crippen molar-refractivity contribution >= 4 is 5.78 Å². The zero-order valence-corrected chi connectivity index (χ0v) is 8.94. The highest BCUT2D eigenvalue weighted by molar-refractivity contribution is 6.08. The fraction of sp³-hybridized carbons (Fsp3) is 0.0714. The minimum atomic E-state index is -2.50. The van der Waals surface area contributed by atoms with Gasteiger partial charge in [0.15, 0.2) is 5.78 Å². The van der Waals surface area contributed by atoms with Crippen LogP contribution in [0.3, 0.4) is 0 Å². The highest BCUT2D eigenvalue weighted by Crippen LogP contribution is 2.19. The number of carbonyl (C=O) groups excluding carboxylic acids is 1. The molecule has 1 nitrogen and oxygen atoms in total. The summed E-state index contributed by atoms with van der Waals surface area (Å²) in [5, 5.41) is 0.